The Kier molecular flexibility index (Phi) is 3.31. The van der Waals surface area contributed by atoms with Crippen LogP contribution in [0, 0.1) is 0 Å². The van der Waals surface area contributed by atoms with Gasteiger partial charge < -0.3 is 20.6 Å². The largest absolute Gasteiger partial charge is 0.399 e. The summed E-state index contributed by atoms with van der Waals surface area (Å²) in [5, 5.41) is 11.5. The van der Waals surface area contributed by atoms with Gasteiger partial charge in [-0.15, -0.1) is 10.2 Å². The minimum absolute atomic E-state index is 0.156. The van der Waals surface area contributed by atoms with E-state index in [2.05, 4.69) is 20.5 Å². The highest BCUT2D eigenvalue weighted by atomic mass is 16.1. The van der Waals surface area contributed by atoms with Crippen LogP contribution in [0.2, 0.25) is 0 Å². The molecule has 0 aliphatic heterocycles. The highest BCUT2D eigenvalue weighted by Gasteiger charge is 2.13. The van der Waals surface area contributed by atoms with Crippen molar-refractivity contribution < 1.29 is 4.79 Å². The van der Waals surface area contributed by atoms with Crippen molar-refractivity contribution in [1.29, 1.82) is 0 Å². The molecule has 0 saturated heterocycles. The first-order valence-electron chi connectivity index (χ1n) is 6.70. The number of nitrogens with one attached hydrogen (secondary N) is 2. The standard InChI is InChI=1S/C14H16N6O/c1-2-20-8-18-19-13(20)7-17-14(21)11-6-16-12-5-9(15)3-4-10(11)12/h3-6,8,16H,2,7,15H2,1H3,(H,17,21). The van der Waals surface area contributed by atoms with Crippen molar-refractivity contribution in [1.82, 2.24) is 25.1 Å². The van der Waals surface area contributed by atoms with Gasteiger partial charge in [0.15, 0.2) is 5.82 Å². The van der Waals surface area contributed by atoms with Gasteiger partial charge in [-0.05, 0) is 25.1 Å². The molecule has 3 rings (SSSR count). The summed E-state index contributed by atoms with van der Waals surface area (Å²) < 4.78 is 1.89. The average Bonchev–Trinajstić information content (AvgIpc) is 3.10. The second-order valence-electron chi connectivity index (χ2n) is 4.72. The summed E-state index contributed by atoms with van der Waals surface area (Å²) in [4.78, 5) is 15.3. The highest BCUT2D eigenvalue weighted by molar-refractivity contribution is 6.07. The third-order valence-electron chi connectivity index (χ3n) is 3.39. The molecule has 0 unspecified atom stereocenters. The molecule has 1 aromatic carbocycles. The SMILES string of the molecule is CCn1cnnc1CNC(=O)c1c[nH]c2cc(N)ccc12. The molecule has 7 nitrogen and oxygen atoms in total. The molecule has 0 aliphatic carbocycles. The molecule has 4 N–H and O–H groups in total. The van der Waals surface area contributed by atoms with Crippen molar-refractivity contribution >= 4 is 22.5 Å². The van der Waals surface area contributed by atoms with Crippen LogP contribution in [-0.4, -0.2) is 25.7 Å². The minimum Gasteiger partial charge on any atom is -0.399 e. The Balaban J connectivity index is 1.78. The zero-order chi connectivity index (χ0) is 14.8. The number of fused-ring (bicyclic) bond motifs is 1. The number of aromatic amines is 1. The smallest absolute Gasteiger partial charge is 0.253 e. The molecular weight excluding hydrogens is 268 g/mol. The van der Waals surface area contributed by atoms with Gasteiger partial charge in [-0.3, -0.25) is 4.79 Å². The van der Waals surface area contributed by atoms with Gasteiger partial charge >= 0.3 is 0 Å². The number of benzene rings is 1. The number of aromatic nitrogens is 4. The van der Waals surface area contributed by atoms with E-state index in [1.807, 2.05) is 17.6 Å². The molecule has 0 fully saturated rings. The van der Waals surface area contributed by atoms with Gasteiger partial charge in [-0.2, -0.15) is 0 Å². The number of rotatable bonds is 4. The summed E-state index contributed by atoms with van der Waals surface area (Å²) in [5.74, 6) is 0.576. The number of nitrogens with two attached hydrogens (primary N) is 1. The molecule has 0 spiro atoms. The maximum absolute atomic E-state index is 12.3. The van der Waals surface area contributed by atoms with Gasteiger partial charge in [0, 0.05) is 29.3 Å². The zero-order valence-electron chi connectivity index (χ0n) is 11.6. The van der Waals surface area contributed by atoms with E-state index in [9.17, 15) is 4.79 Å². The molecule has 21 heavy (non-hydrogen) atoms. The first-order chi connectivity index (χ1) is 10.2. The van der Waals surface area contributed by atoms with Gasteiger partial charge in [0.05, 0.1) is 12.1 Å². The van der Waals surface area contributed by atoms with E-state index < -0.39 is 0 Å². The summed E-state index contributed by atoms with van der Waals surface area (Å²) in [6, 6.07) is 5.42. The zero-order valence-corrected chi connectivity index (χ0v) is 11.6. The Bertz CT molecular complexity index is 788. The number of carbonyl (C=O) groups excluding carboxylic acids is 1. The van der Waals surface area contributed by atoms with Gasteiger partial charge in [-0.1, -0.05) is 0 Å². The lowest BCUT2D eigenvalue weighted by molar-refractivity contribution is 0.0951. The normalized spacial score (nSPS) is 10.9. The molecule has 1 amide bonds. The maximum atomic E-state index is 12.3. The second-order valence-corrected chi connectivity index (χ2v) is 4.72. The Morgan fingerprint density at radius 2 is 2.33 bits per heavy atom. The van der Waals surface area contributed by atoms with Crippen molar-refractivity contribution in [2.75, 3.05) is 5.73 Å². The molecule has 0 atom stereocenters. The first-order valence-corrected chi connectivity index (χ1v) is 6.70. The fourth-order valence-corrected chi connectivity index (χ4v) is 2.27. The molecule has 0 bridgehead atoms. The van der Waals surface area contributed by atoms with Crippen molar-refractivity contribution in [3.05, 3.63) is 42.1 Å². The molecular formula is C14H16N6O. The Morgan fingerprint density at radius 3 is 3.14 bits per heavy atom. The lowest BCUT2D eigenvalue weighted by atomic mass is 10.1. The van der Waals surface area contributed by atoms with Crippen LogP contribution in [0.3, 0.4) is 0 Å². The minimum atomic E-state index is -0.156. The number of H-pyrrole nitrogens is 1. The topological polar surface area (TPSA) is 102 Å². The Morgan fingerprint density at radius 1 is 1.48 bits per heavy atom. The lowest BCUT2D eigenvalue weighted by Gasteiger charge is -2.05. The number of nitrogen functional groups attached to an aromatic ring is 1. The Labute approximate surface area is 121 Å². The van der Waals surface area contributed by atoms with E-state index in [-0.39, 0.29) is 5.91 Å². The molecule has 7 heteroatoms. The van der Waals surface area contributed by atoms with Crippen molar-refractivity contribution in [3.63, 3.8) is 0 Å². The van der Waals surface area contributed by atoms with E-state index in [4.69, 9.17) is 5.73 Å². The molecule has 0 aliphatic rings. The summed E-state index contributed by atoms with van der Waals surface area (Å²) in [6.45, 7) is 3.11. The van der Waals surface area contributed by atoms with Crippen LogP contribution < -0.4 is 11.1 Å². The van der Waals surface area contributed by atoms with Crippen LogP contribution in [0.15, 0.2) is 30.7 Å². The number of amides is 1. The van der Waals surface area contributed by atoms with Crippen LogP contribution in [0.25, 0.3) is 10.9 Å². The van der Waals surface area contributed by atoms with E-state index in [1.54, 1.807) is 24.7 Å². The molecule has 3 aromatic rings. The quantitative estimate of drug-likeness (QED) is 0.628. The van der Waals surface area contributed by atoms with Crippen LogP contribution in [0.4, 0.5) is 5.69 Å². The van der Waals surface area contributed by atoms with E-state index in [0.29, 0.717) is 17.8 Å². The number of nitrogens with zero attached hydrogens (tertiary/aromatic N) is 3. The number of hydrogen-bond acceptors (Lipinski definition) is 4. The maximum Gasteiger partial charge on any atom is 0.253 e. The number of hydrogen-bond donors (Lipinski definition) is 3. The van der Waals surface area contributed by atoms with Crippen LogP contribution >= 0.6 is 0 Å². The van der Waals surface area contributed by atoms with Gasteiger partial charge in [0.1, 0.15) is 6.33 Å². The van der Waals surface area contributed by atoms with E-state index in [1.165, 1.54) is 0 Å². The van der Waals surface area contributed by atoms with Crippen molar-refractivity contribution in [2.24, 2.45) is 0 Å². The third-order valence-corrected chi connectivity index (χ3v) is 3.39. The van der Waals surface area contributed by atoms with Crippen molar-refractivity contribution in [2.45, 2.75) is 20.0 Å². The monoisotopic (exact) mass is 284 g/mol. The molecule has 108 valence electrons. The first kappa shape index (κ1) is 13.2. The van der Waals surface area contributed by atoms with Crippen LogP contribution in [0.5, 0.6) is 0 Å². The molecule has 0 radical (unpaired) electrons. The summed E-state index contributed by atoms with van der Waals surface area (Å²) in [7, 11) is 0. The number of anilines is 1. The molecule has 0 saturated carbocycles. The summed E-state index contributed by atoms with van der Waals surface area (Å²) in [6.07, 6.45) is 3.33. The second kappa shape index (κ2) is 5.28. The average molecular weight is 284 g/mol. The number of aryl methyl sites for hydroxylation is 1. The van der Waals surface area contributed by atoms with Gasteiger partial charge in [0.2, 0.25) is 0 Å². The molecule has 2 aromatic heterocycles. The predicted octanol–water partition coefficient (Wildman–Crippen LogP) is 1.29. The van der Waals surface area contributed by atoms with Crippen LogP contribution in [-0.2, 0) is 13.1 Å². The predicted molar refractivity (Wildman–Crippen MR) is 79.6 cm³/mol. The number of carbonyl (C=O) groups is 1. The van der Waals surface area contributed by atoms with Crippen LogP contribution in [0.1, 0.15) is 23.1 Å². The molecule has 2 heterocycles. The Hall–Kier alpha value is -2.83. The highest BCUT2D eigenvalue weighted by Crippen LogP contribution is 2.20. The van der Waals surface area contributed by atoms with Crippen molar-refractivity contribution in [3.8, 4) is 0 Å². The summed E-state index contributed by atoms with van der Waals surface area (Å²) >= 11 is 0. The fraction of sp³-hybridized carbons (Fsp3) is 0.214. The summed E-state index contributed by atoms with van der Waals surface area (Å²) in [5.41, 5.74) is 7.82. The fourth-order valence-electron chi connectivity index (χ4n) is 2.27. The van der Waals surface area contributed by atoms with Gasteiger partial charge in [-0.25, -0.2) is 0 Å². The lowest BCUT2D eigenvalue weighted by Crippen LogP contribution is -2.24. The third kappa shape index (κ3) is 2.45. The van der Waals surface area contributed by atoms with Gasteiger partial charge in [0.25, 0.3) is 5.91 Å². The van der Waals surface area contributed by atoms with E-state index >= 15 is 0 Å². The van der Waals surface area contributed by atoms with E-state index in [0.717, 1.165) is 23.3 Å².